The van der Waals surface area contributed by atoms with E-state index in [2.05, 4.69) is 15.0 Å². The van der Waals surface area contributed by atoms with Gasteiger partial charge in [-0.1, -0.05) is 48.4 Å². The van der Waals surface area contributed by atoms with Gasteiger partial charge in [0.2, 0.25) is 0 Å². The maximum atomic E-state index is 13.0. The molecule has 36 heavy (non-hydrogen) atoms. The van der Waals surface area contributed by atoms with Gasteiger partial charge >= 0.3 is 17.6 Å². The standard InChI is InChI=1S/C24H21N5O7/c1-2-24(27-28-25)19(35-22(32)16-11-7-4-8-12-16)18(34-21(31)15-9-5-3-6-10-15)20(36-24)29-14-13-17(30)26-23(29)33/h3-14,18-20H,2H2,1H3,(H,26,30,33)/t18-,19+,20-,24-/m1/s1. The third kappa shape index (κ3) is 4.76. The molecule has 2 aromatic carbocycles. The van der Waals surface area contributed by atoms with Crippen LogP contribution < -0.4 is 11.2 Å². The van der Waals surface area contributed by atoms with Crippen LogP contribution in [-0.2, 0) is 14.2 Å². The van der Waals surface area contributed by atoms with Gasteiger partial charge in [0.05, 0.1) is 11.1 Å². The highest BCUT2D eigenvalue weighted by molar-refractivity contribution is 5.90. The highest BCUT2D eigenvalue weighted by Gasteiger charge is 2.59. The fourth-order valence-corrected chi connectivity index (χ4v) is 3.91. The normalized spacial score (nSPS) is 22.9. The van der Waals surface area contributed by atoms with E-state index in [1.807, 2.05) is 0 Å². The van der Waals surface area contributed by atoms with Crippen LogP contribution in [0.15, 0.2) is 87.6 Å². The van der Waals surface area contributed by atoms with Gasteiger partial charge in [0.25, 0.3) is 5.56 Å². The monoisotopic (exact) mass is 491 g/mol. The summed E-state index contributed by atoms with van der Waals surface area (Å²) in [5, 5.41) is 3.76. The lowest BCUT2D eigenvalue weighted by atomic mass is 10.0. The predicted octanol–water partition coefficient (Wildman–Crippen LogP) is 2.93. The number of aromatic amines is 1. The Labute approximate surface area is 203 Å². The van der Waals surface area contributed by atoms with E-state index in [0.29, 0.717) is 0 Å². The smallest absolute Gasteiger partial charge is 0.338 e. The zero-order valence-electron chi connectivity index (χ0n) is 19.0. The minimum atomic E-state index is -1.83. The van der Waals surface area contributed by atoms with Crippen molar-refractivity contribution < 1.29 is 23.8 Å². The molecule has 0 aliphatic carbocycles. The molecule has 184 valence electrons. The maximum Gasteiger partial charge on any atom is 0.338 e. The predicted molar refractivity (Wildman–Crippen MR) is 125 cm³/mol. The van der Waals surface area contributed by atoms with Crippen LogP contribution in [0.3, 0.4) is 0 Å². The van der Waals surface area contributed by atoms with Gasteiger partial charge in [0, 0.05) is 17.2 Å². The Bertz CT molecular complexity index is 1420. The number of hydrogen-bond donors (Lipinski definition) is 1. The maximum absolute atomic E-state index is 13.0. The number of esters is 2. The highest BCUT2D eigenvalue weighted by Crippen LogP contribution is 2.44. The quantitative estimate of drug-likeness (QED) is 0.230. The van der Waals surface area contributed by atoms with Crippen molar-refractivity contribution >= 4 is 11.9 Å². The number of benzene rings is 2. The summed E-state index contributed by atoms with van der Waals surface area (Å²) in [6, 6.07) is 17.1. The molecule has 0 amide bonds. The third-order valence-electron chi connectivity index (χ3n) is 5.69. The fourth-order valence-electron chi connectivity index (χ4n) is 3.91. The first-order chi connectivity index (χ1) is 17.4. The number of rotatable bonds is 7. The molecule has 1 N–H and O–H groups in total. The molecule has 4 rings (SSSR count). The second-order valence-corrected chi connectivity index (χ2v) is 7.84. The van der Waals surface area contributed by atoms with E-state index in [-0.39, 0.29) is 17.5 Å². The van der Waals surface area contributed by atoms with Crippen LogP contribution in [0.4, 0.5) is 0 Å². The summed E-state index contributed by atoms with van der Waals surface area (Å²) in [4.78, 5) is 55.2. The van der Waals surface area contributed by atoms with Gasteiger partial charge in [0.1, 0.15) is 0 Å². The molecule has 0 radical (unpaired) electrons. The van der Waals surface area contributed by atoms with Gasteiger partial charge in [-0.2, -0.15) is 0 Å². The summed E-state index contributed by atoms with van der Waals surface area (Å²) < 4.78 is 18.4. The van der Waals surface area contributed by atoms with Gasteiger partial charge in [-0.05, 0) is 36.2 Å². The van der Waals surface area contributed by atoms with E-state index in [4.69, 9.17) is 14.2 Å². The number of azide groups is 1. The number of carbonyl (C=O) groups excluding carboxylic acids is 2. The number of H-pyrrole nitrogens is 1. The van der Waals surface area contributed by atoms with Crippen molar-refractivity contribution in [1.82, 2.24) is 9.55 Å². The Balaban J connectivity index is 1.82. The van der Waals surface area contributed by atoms with Crippen LogP contribution in [0, 0.1) is 0 Å². The summed E-state index contributed by atoms with van der Waals surface area (Å²) in [6.07, 6.45) is -3.13. The second-order valence-electron chi connectivity index (χ2n) is 7.84. The van der Waals surface area contributed by atoms with Gasteiger partial charge in [-0.3, -0.25) is 14.3 Å². The van der Waals surface area contributed by atoms with Crippen molar-refractivity contribution in [2.24, 2.45) is 5.11 Å². The first-order valence-corrected chi connectivity index (χ1v) is 11.0. The molecule has 12 nitrogen and oxygen atoms in total. The summed E-state index contributed by atoms with van der Waals surface area (Å²) in [7, 11) is 0. The van der Waals surface area contributed by atoms with E-state index in [9.17, 15) is 24.7 Å². The second kappa shape index (κ2) is 10.3. The summed E-state index contributed by atoms with van der Waals surface area (Å²) in [6.45, 7) is 1.62. The fraction of sp³-hybridized carbons (Fsp3) is 0.250. The Morgan fingerprint density at radius 2 is 1.61 bits per heavy atom. The molecule has 0 saturated carbocycles. The molecule has 1 aliphatic heterocycles. The summed E-state index contributed by atoms with van der Waals surface area (Å²) in [5.41, 5.74) is 6.33. The van der Waals surface area contributed by atoms with Crippen molar-refractivity contribution in [3.05, 3.63) is 115 Å². The Morgan fingerprint density at radius 1 is 1.03 bits per heavy atom. The van der Waals surface area contributed by atoms with E-state index in [1.54, 1.807) is 43.3 Å². The molecular weight excluding hydrogens is 470 g/mol. The topological polar surface area (TPSA) is 165 Å². The lowest BCUT2D eigenvalue weighted by Crippen LogP contribution is -2.46. The number of carbonyl (C=O) groups is 2. The molecule has 2 heterocycles. The van der Waals surface area contributed by atoms with Crippen molar-refractivity contribution in [3.63, 3.8) is 0 Å². The van der Waals surface area contributed by atoms with Crippen LogP contribution in [0.1, 0.15) is 40.3 Å². The van der Waals surface area contributed by atoms with Crippen LogP contribution in [-0.4, -0.2) is 39.4 Å². The van der Waals surface area contributed by atoms with Crippen molar-refractivity contribution in [1.29, 1.82) is 0 Å². The molecule has 4 atom stereocenters. The Kier molecular flexibility index (Phi) is 7.00. The average Bonchev–Trinajstić information content (AvgIpc) is 3.18. The first kappa shape index (κ1) is 24.5. The van der Waals surface area contributed by atoms with Crippen LogP contribution in [0.25, 0.3) is 10.4 Å². The lowest BCUT2D eigenvalue weighted by Gasteiger charge is -2.29. The molecule has 1 aliphatic rings. The molecule has 1 fully saturated rings. The van der Waals surface area contributed by atoms with Crippen molar-refractivity contribution in [3.8, 4) is 0 Å². The SMILES string of the molecule is CC[C@@]1(N=[N+]=[N-])O[C@@H](n2ccc(=O)[nH]c2=O)[C@H](OC(=O)c2ccccc2)[C@@H]1OC(=O)c1ccccc1. The molecule has 0 unspecified atom stereocenters. The van der Waals surface area contributed by atoms with Gasteiger partial charge in [-0.15, -0.1) is 0 Å². The van der Waals surface area contributed by atoms with Crippen LogP contribution in [0.2, 0.25) is 0 Å². The van der Waals surface area contributed by atoms with Gasteiger partial charge < -0.3 is 14.2 Å². The highest BCUT2D eigenvalue weighted by atomic mass is 16.7. The first-order valence-electron chi connectivity index (χ1n) is 11.0. The van der Waals surface area contributed by atoms with E-state index in [0.717, 1.165) is 16.8 Å². The molecule has 1 saturated heterocycles. The van der Waals surface area contributed by atoms with Gasteiger partial charge in [-0.25, -0.2) is 14.4 Å². The van der Waals surface area contributed by atoms with E-state index >= 15 is 0 Å². The summed E-state index contributed by atoms with van der Waals surface area (Å²) in [5.74, 6) is -1.58. The van der Waals surface area contributed by atoms with Crippen LogP contribution in [0.5, 0.6) is 0 Å². The molecule has 1 aromatic heterocycles. The molecule has 0 spiro atoms. The zero-order chi connectivity index (χ0) is 25.7. The summed E-state index contributed by atoms with van der Waals surface area (Å²) >= 11 is 0. The minimum absolute atomic E-state index is 0.00219. The largest absolute Gasteiger partial charge is 0.451 e. The Hall–Kier alpha value is -4.67. The Morgan fingerprint density at radius 3 is 2.14 bits per heavy atom. The number of aromatic nitrogens is 2. The number of nitrogens with one attached hydrogen (secondary N) is 1. The number of hydrogen-bond acceptors (Lipinski definition) is 8. The van der Waals surface area contributed by atoms with E-state index < -0.39 is 47.3 Å². The van der Waals surface area contributed by atoms with Gasteiger partial charge in [0.15, 0.2) is 24.2 Å². The van der Waals surface area contributed by atoms with E-state index in [1.165, 1.54) is 24.3 Å². The molecule has 3 aromatic rings. The number of nitrogens with zero attached hydrogens (tertiary/aromatic N) is 4. The molecule has 12 heteroatoms. The molecular formula is C24H21N5O7. The van der Waals surface area contributed by atoms with Crippen molar-refractivity contribution in [2.45, 2.75) is 37.5 Å². The average molecular weight is 491 g/mol. The number of ether oxygens (including phenoxy) is 3. The van der Waals surface area contributed by atoms with Crippen LogP contribution >= 0.6 is 0 Å². The third-order valence-corrected chi connectivity index (χ3v) is 5.69. The zero-order valence-corrected chi connectivity index (χ0v) is 19.0. The van der Waals surface area contributed by atoms with Crippen molar-refractivity contribution in [2.75, 3.05) is 0 Å². The lowest BCUT2D eigenvalue weighted by molar-refractivity contribution is -0.106. The molecule has 0 bridgehead atoms. The minimum Gasteiger partial charge on any atom is -0.451 e.